The van der Waals surface area contributed by atoms with Gasteiger partial charge in [-0.15, -0.1) is 10.2 Å². The lowest BCUT2D eigenvalue weighted by Crippen LogP contribution is -2.33. The molecule has 1 rings (SSSR count). The molecule has 0 saturated carbocycles. The molecule has 0 bridgehead atoms. The summed E-state index contributed by atoms with van der Waals surface area (Å²) in [5.41, 5.74) is 5.54. The van der Waals surface area contributed by atoms with Gasteiger partial charge in [0.1, 0.15) is 12.4 Å². The summed E-state index contributed by atoms with van der Waals surface area (Å²) in [6, 6.07) is -0.623. The minimum Gasteiger partial charge on any atom is -0.468 e. The Morgan fingerprint density at radius 1 is 1.86 bits per heavy atom. The van der Waals surface area contributed by atoms with Crippen molar-refractivity contribution in [2.45, 2.75) is 11.2 Å². The number of rotatable bonds is 4. The van der Waals surface area contributed by atoms with Gasteiger partial charge in [0.2, 0.25) is 0 Å². The van der Waals surface area contributed by atoms with Crippen molar-refractivity contribution in [2.75, 3.05) is 12.9 Å². The highest BCUT2D eigenvalue weighted by atomic mass is 32.2. The van der Waals surface area contributed by atoms with Crippen LogP contribution in [0.2, 0.25) is 0 Å². The van der Waals surface area contributed by atoms with E-state index in [1.807, 2.05) is 7.05 Å². The molecular weight excluding hydrogens is 204 g/mol. The molecule has 1 unspecified atom stereocenters. The van der Waals surface area contributed by atoms with Gasteiger partial charge in [0, 0.05) is 12.8 Å². The van der Waals surface area contributed by atoms with Crippen LogP contribution in [0, 0.1) is 0 Å². The number of carbonyl (C=O) groups excluding carboxylic acids is 1. The summed E-state index contributed by atoms with van der Waals surface area (Å²) in [5, 5.41) is 8.27. The summed E-state index contributed by atoms with van der Waals surface area (Å²) in [7, 11) is 3.14. The molecule has 0 fully saturated rings. The molecule has 0 amide bonds. The molecule has 0 aliphatic carbocycles. The first-order valence-electron chi connectivity index (χ1n) is 3.95. The number of esters is 1. The standard InChI is InChI=1S/C7H12N4O2S/c1-11-4-9-10-7(11)14-3-5(8)6(12)13-2/h4-5H,3,8H2,1-2H3. The Morgan fingerprint density at radius 3 is 3.07 bits per heavy atom. The fourth-order valence-electron chi connectivity index (χ4n) is 0.787. The Labute approximate surface area is 85.8 Å². The molecule has 0 aliphatic heterocycles. The predicted octanol–water partition coefficient (Wildman–Crippen LogP) is -0.593. The van der Waals surface area contributed by atoms with Crippen molar-refractivity contribution in [3.8, 4) is 0 Å². The zero-order chi connectivity index (χ0) is 10.6. The normalized spacial score (nSPS) is 12.5. The molecule has 1 aromatic heterocycles. The summed E-state index contributed by atoms with van der Waals surface area (Å²) >= 11 is 1.37. The van der Waals surface area contributed by atoms with E-state index in [9.17, 15) is 4.79 Å². The molecule has 2 N–H and O–H groups in total. The molecule has 1 aromatic rings. The smallest absolute Gasteiger partial charge is 0.323 e. The zero-order valence-corrected chi connectivity index (χ0v) is 8.82. The molecular formula is C7H12N4O2S. The van der Waals surface area contributed by atoms with E-state index in [2.05, 4.69) is 14.9 Å². The second-order valence-electron chi connectivity index (χ2n) is 2.67. The number of nitrogens with zero attached hydrogens (tertiary/aromatic N) is 3. The van der Waals surface area contributed by atoms with E-state index < -0.39 is 12.0 Å². The summed E-state index contributed by atoms with van der Waals surface area (Å²) in [6.07, 6.45) is 1.59. The van der Waals surface area contributed by atoms with Crippen LogP contribution in [0.4, 0.5) is 0 Å². The van der Waals surface area contributed by atoms with Gasteiger partial charge < -0.3 is 15.0 Å². The van der Waals surface area contributed by atoms with Crippen LogP contribution in [0.3, 0.4) is 0 Å². The Kier molecular flexibility index (Phi) is 3.90. The second-order valence-corrected chi connectivity index (χ2v) is 3.65. The summed E-state index contributed by atoms with van der Waals surface area (Å²) < 4.78 is 6.25. The topological polar surface area (TPSA) is 83.0 Å². The molecule has 1 atom stereocenters. The lowest BCUT2D eigenvalue weighted by atomic mass is 10.4. The minimum absolute atomic E-state index is 0.417. The first-order chi connectivity index (χ1) is 6.65. The lowest BCUT2D eigenvalue weighted by Gasteiger charge is -2.07. The van der Waals surface area contributed by atoms with E-state index in [0.29, 0.717) is 5.75 Å². The van der Waals surface area contributed by atoms with Gasteiger partial charge in [-0.1, -0.05) is 11.8 Å². The van der Waals surface area contributed by atoms with Gasteiger partial charge in [0.25, 0.3) is 0 Å². The first kappa shape index (κ1) is 11.0. The third-order valence-electron chi connectivity index (χ3n) is 1.57. The number of aromatic nitrogens is 3. The molecule has 78 valence electrons. The van der Waals surface area contributed by atoms with E-state index in [0.717, 1.165) is 5.16 Å². The number of methoxy groups -OCH3 is 1. The van der Waals surface area contributed by atoms with E-state index in [1.54, 1.807) is 10.9 Å². The zero-order valence-electron chi connectivity index (χ0n) is 8.01. The van der Waals surface area contributed by atoms with Crippen molar-refractivity contribution in [3.63, 3.8) is 0 Å². The monoisotopic (exact) mass is 216 g/mol. The number of thioether (sulfide) groups is 1. The Hall–Kier alpha value is -1.08. The van der Waals surface area contributed by atoms with Crippen LogP contribution in [-0.4, -0.2) is 39.6 Å². The van der Waals surface area contributed by atoms with Crippen molar-refractivity contribution in [3.05, 3.63) is 6.33 Å². The van der Waals surface area contributed by atoms with Gasteiger partial charge in [-0.3, -0.25) is 4.79 Å². The van der Waals surface area contributed by atoms with Gasteiger partial charge in [-0.25, -0.2) is 0 Å². The fourth-order valence-corrected chi connectivity index (χ4v) is 1.61. The Bertz CT molecular complexity index is 314. The van der Waals surface area contributed by atoms with Gasteiger partial charge in [0.05, 0.1) is 7.11 Å². The third-order valence-corrected chi connectivity index (χ3v) is 2.72. The van der Waals surface area contributed by atoms with Crippen LogP contribution < -0.4 is 5.73 Å². The molecule has 0 spiro atoms. The number of carbonyl (C=O) groups is 1. The molecule has 0 aliphatic rings. The quantitative estimate of drug-likeness (QED) is 0.535. The van der Waals surface area contributed by atoms with Crippen LogP contribution in [0.1, 0.15) is 0 Å². The maximum absolute atomic E-state index is 11.0. The van der Waals surface area contributed by atoms with Crippen molar-refractivity contribution >= 4 is 17.7 Å². The number of nitrogens with two attached hydrogens (primary N) is 1. The van der Waals surface area contributed by atoms with Crippen molar-refractivity contribution in [1.82, 2.24) is 14.8 Å². The van der Waals surface area contributed by atoms with Crippen LogP contribution >= 0.6 is 11.8 Å². The Balaban J connectivity index is 2.41. The molecule has 6 nitrogen and oxygen atoms in total. The average molecular weight is 216 g/mol. The number of hydrogen-bond acceptors (Lipinski definition) is 6. The average Bonchev–Trinajstić information content (AvgIpc) is 2.59. The molecule has 0 aromatic carbocycles. The van der Waals surface area contributed by atoms with Crippen LogP contribution in [0.25, 0.3) is 0 Å². The van der Waals surface area contributed by atoms with E-state index >= 15 is 0 Å². The minimum atomic E-state index is -0.623. The maximum atomic E-state index is 11.0. The first-order valence-corrected chi connectivity index (χ1v) is 4.94. The number of ether oxygens (including phenoxy) is 1. The highest BCUT2D eigenvalue weighted by molar-refractivity contribution is 7.99. The molecule has 7 heteroatoms. The second kappa shape index (κ2) is 4.97. The van der Waals surface area contributed by atoms with E-state index in [4.69, 9.17) is 5.73 Å². The van der Waals surface area contributed by atoms with Crippen molar-refractivity contribution < 1.29 is 9.53 Å². The Morgan fingerprint density at radius 2 is 2.57 bits per heavy atom. The highest BCUT2D eigenvalue weighted by Gasteiger charge is 2.15. The van der Waals surface area contributed by atoms with Gasteiger partial charge >= 0.3 is 5.97 Å². The van der Waals surface area contributed by atoms with Gasteiger partial charge in [-0.2, -0.15) is 0 Å². The number of aryl methyl sites for hydroxylation is 1. The van der Waals surface area contributed by atoms with E-state index in [-0.39, 0.29) is 0 Å². The number of hydrogen-bond donors (Lipinski definition) is 1. The molecule has 14 heavy (non-hydrogen) atoms. The highest BCUT2D eigenvalue weighted by Crippen LogP contribution is 2.13. The molecule has 0 saturated heterocycles. The summed E-state index contributed by atoms with van der Waals surface area (Å²) in [5.74, 6) is 0.0128. The van der Waals surface area contributed by atoms with Crippen LogP contribution in [0.15, 0.2) is 11.5 Å². The largest absolute Gasteiger partial charge is 0.468 e. The summed E-state index contributed by atoms with van der Waals surface area (Å²) in [4.78, 5) is 11.0. The van der Waals surface area contributed by atoms with E-state index in [1.165, 1.54) is 18.9 Å². The summed E-state index contributed by atoms with van der Waals surface area (Å²) in [6.45, 7) is 0. The third kappa shape index (κ3) is 2.71. The maximum Gasteiger partial charge on any atom is 0.323 e. The SMILES string of the molecule is COC(=O)C(N)CSc1nncn1C. The molecule has 0 radical (unpaired) electrons. The molecule has 1 heterocycles. The lowest BCUT2D eigenvalue weighted by molar-refractivity contribution is -0.141. The van der Waals surface area contributed by atoms with Gasteiger partial charge in [-0.05, 0) is 0 Å². The van der Waals surface area contributed by atoms with Gasteiger partial charge in [0.15, 0.2) is 5.16 Å². The predicted molar refractivity (Wildman–Crippen MR) is 51.7 cm³/mol. The van der Waals surface area contributed by atoms with Crippen LogP contribution in [0.5, 0.6) is 0 Å². The van der Waals surface area contributed by atoms with Crippen LogP contribution in [-0.2, 0) is 16.6 Å². The van der Waals surface area contributed by atoms with Crippen molar-refractivity contribution in [2.24, 2.45) is 12.8 Å². The van der Waals surface area contributed by atoms with Crippen molar-refractivity contribution in [1.29, 1.82) is 0 Å². The fraction of sp³-hybridized carbons (Fsp3) is 0.571.